The molecule has 1 heterocycles. The number of likely N-dealkylation sites (N-methyl/N-ethyl adjacent to an activating group) is 1. The summed E-state index contributed by atoms with van der Waals surface area (Å²) in [6.07, 6.45) is 5.45. The van der Waals surface area contributed by atoms with Crippen LogP contribution in [0, 0.1) is 11.8 Å². The van der Waals surface area contributed by atoms with Crippen molar-refractivity contribution in [2.24, 2.45) is 11.8 Å². The molecule has 110 valence electrons. The summed E-state index contributed by atoms with van der Waals surface area (Å²) in [7, 11) is 2.06. The van der Waals surface area contributed by atoms with E-state index in [9.17, 15) is 0 Å². The van der Waals surface area contributed by atoms with E-state index >= 15 is 0 Å². The Morgan fingerprint density at radius 3 is 2.32 bits per heavy atom. The molecule has 1 N–H and O–H groups in total. The van der Waals surface area contributed by atoms with Crippen LogP contribution in [0.2, 0.25) is 0 Å². The van der Waals surface area contributed by atoms with E-state index in [0.717, 1.165) is 19.3 Å². The summed E-state index contributed by atoms with van der Waals surface area (Å²) >= 11 is 0. The van der Waals surface area contributed by atoms with Gasteiger partial charge in [0.05, 0.1) is 11.7 Å². The summed E-state index contributed by atoms with van der Waals surface area (Å²) in [6, 6.07) is 3.23. The molecular formula is C16H31N3. The van der Waals surface area contributed by atoms with Gasteiger partial charge in [-0.05, 0) is 37.8 Å². The third kappa shape index (κ3) is 4.34. The second-order valence-corrected chi connectivity index (χ2v) is 5.96. The lowest BCUT2D eigenvalue weighted by Crippen LogP contribution is -2.36. The smallest absolute Gasteiger partial charge is 0.0640 e. The molecule has 3 heteroatoms. The molecule has 0 spiro atoms. The van der Waals surface area contributed by atoms with Crippen molar-refractivity contribution in [1.29, 1.82) is 0 Å². The number of hydrogen-bond acceptors (Lipinski definition) is 2. The Kier molecular flexibility index (Phi) is 6.56. The van der Waals surface area contributed by atoms with E-state index in [4.69, 9.17) is 5.10 Å². The van der Waals surface area contributed by atoms with Crippen molar-refractivity contribution in [1.82, 2.24) is 15.1 Å². The molecule has 1 rings (SSSR count). The largest absolute Gasteiger partial charge is 0.316 e. The molecule has 1 aromatic heterocycles. The van der Waals surface area contributed by atoms with Gasteiger partial charge in [0.25, 0.3) is 0 Å². The molecule has 2 unspecified atom stereocenters. The Morgan fingerprint density at radius 1 is 1.21 bits per heavy atom. The van der Waals surface area contributed by atoms with Gasteiger partial charge in [-0.2, -0.15) is 5.10 Å². The molecule has 0 aliphatic rings. The van der Waals surface area contributed by atoms with Crippen LogP contribution < -0.4 is 5.32 Å². The summed E-state index contributed by atoms with van der Waals surface area (Å²) in [5.74, 6) is 1.35. The zero-order valence-electron chi connectivity index (χ0n) is 13.5. The predicted molar refractivity (Wildman–Crippen MR) is 82.4 cm³/mol. The van der Waals surface area contributed by atoms with E-state index in [-0.39, 0.29) is 0 Å². The Hall–Kier alpha value is -0.830. The molecular weight excluding hydrogens is 234 g/mol. The lowest BCUT2D eigenvalue weighted by atomic mass is 9.88. The molecule has 0 aromatic carbocycles. The van der Waals surface area contributed by atoms with Crippen molar-refractivity contribution in [2.45, 2.75) is 66.0 Å². The third-order valence-corrected chi connectivity index (χ3v) is 4.47. The van der Waals surface area contributed by atoms with Crippen LogP contribution in [-0.2, 0) is 6.42 Å². The van der Waals surface area contributed by atoms with Crippen molar-refractivity contribution in [3.05, 3.63) is 18.0 Å². The fourth-order valence-electron chi connectivity index (χ4n) is 2.59. The quantitative estimate of drug-likeness (QED) is 0.777. The third-order valence-electron chi connectivity index (χ3n) is 4.47. The first-order chi connectivity index (χ1) is 9.03. The molecule has 0 radical (unpaired) electrons. The average molecular weight is 265 g/mol. The number of hydrogen-bond donors (Lipinski definition) is 1. The molecule has 0 bridgehead atoms. The molecule has 1 aromatic rings. The van der Waals surface area contributed by atoms with Crippen LogP contribution in [0.1, 0.15) is 59.2 Å². The molecule has 3 nitrogen and oxygen atoms in total. The molecule has 19 heavy (non-hydrogen) atoms. The van der Waals surface area contributed by atoms with Crippen molar-refractivity contribution in [3.8, 4) is 0 Å². The van der Waals surface area contributed by atoms with Gasteiger partial charge in [-0.15, -0.1) is 0 Å². The minimum Gasteiger partial charge on any atom is -0.316 e. The number of nitrogens with one attached hydrogen (secondary N) is 1. The van der Waals surface area contributed by atoms with Gasteiger partial charge in [0.2, 0.25) is 0 Å². The standard InChI is InChI=1S/C16H31N3/c1-7-15(8-2)19-10-9-14(18-19)11-16(17-6)13(5)12(3)4/h9-10,12-13,15-17H,7-8,11H2,1-6H3. The van der Waals surface area contributed by atoms with Crippen LogP contribution >= 0.6 is 0 Å². The van der Waals surface area contributed by atoms with Gasteiger partial charge in [-0.3, -0.25) is 4.68 Å². The number of nitrogens with zero attached hydrogens (tertiary/aromatic N) is 2. The second-order valence-electron chi connectivity index (χ2n) is 5.96. The lowest BCUT2D eigenvalue weighted by molar-refractivity contribution is 0.307. The van der Waals surface area contributed by atoms with Crippen molar-refractivity contribution in [3.63, 3.8) is 0 Å². The lowest BCUT2D eigenvalue weighted by Gasteiger charge is -2.26. The second kappa shape index (κ2) is 7.68. The van der Waals surface area contributed by atoms with Crippen molar-refractivity contribution in [2.75, 3.05) is 7.05 Å². The topological polar surface area (TPSA) is 29.9 Å². The van der Waals surface area contributed by atoms with Gasteiger partial charge in [0.1, 0.15) is 0 Å². The fourth-order valence-corrected chi connectivity index (χ4v) is 2.59. The maximum Gasteiger partial charge on any atom is 0.0640 e. The van der Waals surface area contributed by atoms with Crippen LogP contribution in [0.3, 0.4) is 0 Å². The summed E-state index contributed by atoms with van der Waals surface area (Å²) < 4.78 is 2.14. The Balaban J connectivity index is 2.71. The summed E-state index contributed by atoms with van der Waals surface area (Å²) in [6.45, 7) is 11.4. The first-order valence-electron chi connectivity index (χ1n) is 7.74. The van der Waals surface area contributed by atoms with E-state index < -0.39 is 0 Å². The van der Waals surface area contributed by atoms with E-state index in [2.05, 4.69) is 63.9 Å². The van der Waals surface area contributed by atoms with E-state index in [1.165, 1.54) is 5.69 Å². The van der Waals surface area contributed by atoms with Gasteiger partial charge >= 0.3 is 0 Å². The molecule has 0 saturated carbocycles. The first kappa shape index (κ1) is 16.2. The minimum atomic E-state index is 0.505. The molecule has 2 atom stereocenters. The van der Waals surface area contributed by atoms with E-state index in [0.29, 0.717) is 23.9 Å². The van der Waals surface area contributed by atoms with Crippen LogP contribution in [0.5, 0.6) is 0 Å². The zero-order chi connectivity index (χ0) is 14.4. The first-order valence-corrected chi connectivity index (χ1v) is 7.74. The highest BCUT2D eigenvalue weighted by Gasteiger charge is 2.20. The average Bonchev–Trinajstić information content (AvgIpc) is 2.85. The maximum absolute atomic E-state index is 4.76. The van der Waals surface area contributed by atoms with Gasteiger partial charge in [-0.1, -0.05) is 34.6 Å². The van der Waals surface area contributed by atoms with Crippen molar-refractivity contribution < 1.29 is 0 Å². The van der Waals surface area contributed by atoms with Gasteiger partial charge in [0.15, 0.2) is 0 Å². The Labute approximate surface area is 118 Å². The van der Waals surface area contributed by atoms with Gasteiger partial charge in [0, 0.05) is 18.7 Å². The van der Waals surface area contributed by atoms with E-state index in [1.807, 2.05) is 0 Å². The monoisotopic (exact) mass is 265 g/mol. The highest BCUT2D eigenvalue weighted by atomic mass is 15.3. The number of rotatable bonds is 8. The van der Waals surface area contributed by atoms with Crippen LogP contribution in [-0.4, -0.2) is 22.9 Å². The van der Waals surface area contributed by atoms with Gasteiger partial charge < -0.3 is 5.32 Å². The van der Waals surface area contributed by atoms with Crippen LogP contribution in [0.25, 0.3) is 0 Å². The maximum atomic E-state index is 4.76. The van der Waals surface area contributed by atoms with Crippen LogP contribution in [0.15, 0.2) is 12.3 Å². The summed E-state index contributed by atoms with van der Waals surface area (Å²) in [5, 5.41) is 8.21. The summed E-state index contributed by atoms with van der Waals surface area (Å²) in [5.41, 5.74) is 1.21. The molecule has 0 amide bonds. The molecule has 0 aliphatic carbocycles. The van der Waals surface area contributed by atoms with E-state index in [1.54, 1.807) is 0 Å². The van der Waals surface area contributed by atoms with Crippen molar-refractivity contribution >= 4 is 0 Å². The highest BCUT2D eigenvalue weighted by Crippen LogP contribution is 2.19. The predicted octanol–water partition coefficient (Wildman–Crippen LogP) is 3.67. The van der Waals surface area contributed by atoms with Crippen LogP contribution in [0.4, 0.5) is 0 Å². The molecule has 0 saturated heterocycles. The summed E-state index contributed by atoms with van der Waals surface area (Å²) in [4.78, 5) is 0. The number of aromatic nitrogens is 2. The van der Waals surface area contributed by atoms with Gasteiger partial charge in [-0.25, -0.2) is 0 Å². The Bertz CT molecular complexity index is 353. The molecule has 0 aliphatic heterocycles. The fraction of sp³-hybridized carbons (Fsp3) is 0.812. The Morgan fingerprint density at radius 2 is 1.84 bits per heavy atom. The highest BCUT2D eigenvalue weighted by molar-refractivity contribution is 5.03. The SMILES string of the molecule is CCC(CC)n1ccc(CC(NC)C(C)C(C)C)n1. The zero-order valence-corrected chi connectivity index (χ0v) is 13.5. The normalized spacial score (nSPS) is 15.2. The molecule has 0 fully saturated rings. The minimum absolute atomic E-state index is 0.505.